The average molecular weight is 495 g/mol. The van der Waals surface area contributed by atoms with Gasteiger partial charge in [-0.3, -0.25) is 9.59 Å². The van der Waals surface area contributed by atoms with Crippen molar-refractivity contribution in [1.29, 1.82) is 0 Å². The molecule has 1 saturated heterocycles. The fraction of sp³-hybridized carbons (Fsp3) is 0.400. The monoisotopic (exact) mass is 495 g/mol. The van der Waals surface area contributed by atoms with Crippen LogP contribution in [-0.2, 0) is 11.0 Å². The number of carbonyl (C=O) groups excluding carboxylic acids is 2. The second kappa shape index (κ2) is 9.37. The van der Waals surface area contributed by atoms with Gasteiger partial charge in [-0.2, -0.15) is 18.3 Å². The van der Waals surface area contributed by atoms with Crippen molar-refractivity contribution in [2.75, 3.05) is 25.5 Å². The van der Waals surface area contributed by atoms with Gasteiger partial charge in [-0.15, -0.1) is 21.5 Å². The van der Waals surface area contributed by atoms with E-state index < -0.39 is 23.3 Å². The SMILES string of the molecule is COc1ccc(-n2ncc(C(=O)N3CCC(C(=O)Nc4nc(C)cs4)CC3)c2C(F)(F)F)nn1. The number of amides is 2. The summed E-state index contributed by atoms with van der Waals surface area (Å²) in [4.78, 5) is 31.0. The second-order valence-electron chi connectivity index (χ2n) is 7.60. The maximum atomic E-state index is 13.9. The number of nitrogens with one attached hydrogen (secondary N) is 1. The summed E-state index contributed by atoms with van der Waals surface area (Å²) in [6, 6.07) is 2.60. The van der Waals surface area contributed by atoms with Gasteiger partial charge in [0.1, 0.15) is 0 Å². The number of anilines is 1. The van der Waals surface area contributed by atoms with Crippen LogP contribution in [0, 0.1) is 12.8 Å². The molecule has 3 aromatic rings. The van der Waals surface area contributed by atoms with E-state index in [1.807, 2.05) is 12.3 Å². The Hall–Kier alpha value is -3.55. The zero-order valence-electron chi connectivity index (χ0n) is 18.2. The molecule has 4 rings (SSSR count). The van der Waals surface area contributed by atoms with Crippen molar-refractivity contribution < 1.29 is 27.5 Å². The van der Waals surface area contributed by atoms with Gasteiger partial charge in [-0.05, 0) is 25.8 Å². The van der Waals surface area contributed by atoms with Crippen molar-refractivity contribution >= 4 is 28.3 Å². The smallest absolute Gasteiger partial charge is 0.434 e. The van der Waals surface area contributed by atoms with E-state index in [0.29, 0.717) is 22.7 Å². The van der Waals surface area contributed by atoms with E-state index in [0.717, 1.165) is 11.9 Å². The summed E-state index contributed by atoms with van der Waals surface area (Å²) in [5, 5.41) is 16.2. The first kappa shape index (κ1) is 23.6. The normalized spacial score (nSPS) is 14.8. The van der Waals surface area contributed by atoms with Crippen LogP contribution in [0.4, 0.5) is 18.3 Å². The number of thiazole rings is 1. The third-order valence-corrected chi connectivity index (χ3v) is 6.20. The number of halogens is 3. The Morgan fingerprint density at radius 2 is 1.94 bits per heavy atom. The molecule has 2 amide bonds. The van der Waals surface area contributed by atoms with E-state index in [1.165, 1.54) is 35.5 Å². The van der Waals surface area contributed by atoms with E-state index in [1.54, 1.807) is 0 Å². The molecule has 14 heteroatoms. The van der Waals surface area contributed by atoms with E-state index in [-0.39, 0.29) is 36.6 Å². The van der Waals surface area contributed by atoms with Gasteiger partial charge in [0.25, 0.3) is 5.91 Å². The Bertz CT molecular complexity index is 1180. The number of nitrogens with zero attached hydrogens (tertiary/aromatic N) is 6. The Morgan fingerprint density at radius 1 is 1.21 bits per heavy atom. The average Bonchev–Trinajstić information content (AvgIpc) is 3.45. The number of rotatable bonds is 5. The Kier molecular flexibility index (Phi) is 6.50. The maximum absolute atomic E-state index is 13.9. The molecule has 3 aromatic heterocycles. The molecule has 0 saturated carbocycles. The summed E-state index contributed by atoms with van der Waals surface area (Å²) in [7, 11) is 1.35. The van der Waals surface area contributed by atoms with Crippen molar-refractivity contribution in [1.82, 2.24) is 29.9 Å². The lowest BCUT2D eigenvalue weighted by atomic mass is 9.95. The summed E-state index contributed by atoms with van der Waals surface area (Å²) in [6.07, 6.45) is -3.35. The van der Waals surface area contributed by atoms with Crippen LogP contribution < -0.4 is 10.1 Å². The van der Waals surface area contributed by atoms with Crippen LogP contribution in [0.15, 0.2) is 23.7 Å². The number of piperidine rings is 1. The van der Waals surface area contributed by atoms with Crippen LogP contribution in [0.3, 0.4) is 0 Å². The number of hydrogen-bond donors (Lipinski definition) is 1. The Labute approximate surface area is 195 Å². The van der Waals surface area contributed by atoms with Crippen molar-refractivity contribution in [3.05, 3.63) is 40.7 Å². The summed E-state index contributed by atoms with van der Waals surface area (Å²) in [5.74, 6) is -1.48. The standard InChI is InChI=1S/C20H20F3N7O3S/c1-11-10-34-19(25-11)26-17(31)12-5-7-29(8-6-12)18(32)13-9-24-30(16(13)20(21,22)23)14-3-4-15(33-2)28-27-14/h3-4,9-10,12H,5-8H2,1-2H3,(H,25,26,31). The molecule has 0 bridgehead atoms. The molecule has 4 heterocycles. The molecule has 1 fully saturated rings. The molecular weight excluding hydrogens is 475 g/mol. The summed E-state index contributed by atoms with van der Waals surface area (Å²) >= 11 is 1.31. The van der Waals surface area contributed by atoms with Crippen LogP contribution in [0.1, 0.15) is 34.6 Å². The van der Waals surface area contributed by atoms with Crippen LogP contribution in [-0.4, -0.2) is 61.9 Å². The molecule has 10 nitrogen and oxygen atoms in total. The lowest BCUT2D eigenvalue weighted by Gasteiger charge is -2.31. The van der Waals surface area contributed by atoms with Crippen LogP contribution in [0.25, 0.3) is 5.82 Å². The van der Waals surface area contributed by atoms with E-state index in [9.17, 15) is 22.8 Å². The predicted molar refractivity (Wildman–Crippen MR) is 115 cm³/mol. The second-order valence-corrected chi connectivity index (χ2v) is 8.46. The topological polar surface area (TPSA) is 115 Å². The molecule has 34 heavy (non-hydrogen) atoms. The molecule has 1 aliphatic rings. The predicted octanol–water partition coefficient (Wildman–Crippen LogP) is 2.95. The number of aryl methyl sites for hydroxylation is 1. The molecule has 1 N–H and O–H groups in total. The lowest BCUT2D eigenvalue weighted by Crippen LogP contribution is -2.42. The van der Waals surface area contributed by atoms with Gasteiger partial charge in [-0.25, -0.2) is 9.67 Å². The largest absolute Gasteiger partial charge is 0.480 e. The molecule has 0 radical (unpaired) electrons. The Morgan fingerprint density at radius 3 is 2.50 bits per heavy atom. The van der Waals surface area contributed by atoms with E-state index in [2.05, 4.69) is 25.6 Å². The highest BCUT2D eigenvalue weighted by Gasteiger charge is 2.42. The minimum Gasteiger partial charge on any atom is -0.480 e. The highest BCUT2D eigenvalue weighted by molar-refractivity contribution is 7.13. The van der Waals surface area contributed by atoms with Gasteiger partial charge in [0.15, 0.2) is 16.6 Å². The Balaban J connectivity index is 1.48. The van der Waals surface area contributed by atoms with Crippen molar-refractivity contribution in [2.24, 2.45) is 5.92 Å². The molecule has 180 valence electrons. The molecule has 0 atom stereocenters. The van der Waals surface area contributed by atoms with E-state index in [4.69, 9.17) is 4.74 Å². The van der Waals surface area contributed by atoms with Gasteiger partial charge in [0.05, 0.1) is 24.6 Å². The highest BCUT2D eigenvalue weighted by atomic mass is 32.1. The van der Waals surface area contributed by atoms with Crippen LogP contribution in [0.5, 0.6) is 5.88 Å². The minimum absolute atomic E-state index is 0.123. The summed E-state index contributed by atoms with van der Waals surface area (Å²) < 4.78 is 47.2. The van der Waals surface area contributed by atoms with Gasteiger partial charge < -0.3 is 15.0 Å². The number of alkyl halides is 3. The zero-order chi connectivity index (χ0) is 24.5. The summed E-state index contributed by atoms with van der Waals surface area (Å²) in [5.41, 5.74) is -1.04. The number of hydrogen-bond acceptors (Lipinski definition) is 8. The molecule has 0 spiro atoms. The van der Waals surface area contributed by atoms with Crippen molar-refractivity contribution in [2.45, 2.75) is 25.9 Å². The molecular formula is C20H20F3N7O3S. The first-order chi connectivity index (χ1) is 16.2. The number of ether oxygens (including phenoxy) is 1. The quantitative estimate of drug-likeness (QED) is 0.579. The molecule has 0 unspecified atom stereocenters. The van der Waals surface area contributed by atoms with Crippen molar-refractivity contribution in [3.63, 3.8) is 0 Å². The summed E-state index contributed by atoms with van der Waals surface area (Å²) in [6.45, 7) is 2.09. The first-order valence-corrected chi connectivity index (χ1v) is 11.1. The number of aromatic nitrogens is 5. The zero-order valence-corrected chi connectivity index (χ0v) is 19.0. The van der Waals surface area contributed by atoms with E-state index >= 15 is 0 Å². The van der Waals surface area contributed by atoms with Gasteiger partial charge in [-0.1, -0.05) is 0 Å². The maximum Gasteiger partial charge on any atom is 0.434 e. The number of likely N-dealkylation sites (tertiary alicyclic amines) is 1. The van der Waals surface area contributed by atoms with Gasteiger partial charge in [0, 0.05) is 30.5 Å². The van der Waals surface area contributed by atoms with Crippen LogP contribution >= 0.6 is 11.3 Å². The highest BCUT2D eigenvalue weighted by Crippen LogP contribution is 2.34. The fourth-order valence-corrected chi connectivity index (χ4v) is 4.31. The number of carbonyl (C=O) groups is 2. The van der Waals surface area contributed by atoms with Gasteiger partial charge >= 0.3 is 6.18 Å². The first-order valence-electron chi connectivity index (χ1n) is 10.2. The third-order valence-electron chi connectivity index (χ3n) is 5.32. The van der Waals surface area contributed by atoms with Crippen LogP contribution in [0.2, 0.25) is 0 Å². The lowest BCUT2D eigenvalue weighted by molar-refractivity contribution is -0.143. The third kappa shape index (κ3) is 4.85. The molecule has 0 aromatic carbocycles. The number of methoxy groups -OCH3 is 1. The molecule has 0 aliphatic carbocycles. The van der Waals surface area contributed by atoms with Gasteiger partial charge in [0.2, 0.25) is 11.8 Å². The minimum atomic E-state index is -4.87. The molecule has 1 aliphatic heterocycles. The van der Waals surface area contributed by atoms with Crippen molar-refractivity contribution in [3.8, 4) is 11.7 Å². The fourth-order valence-electron chi connectivity index (χ4n) is 3.62.